The van der Waals surface area contributed by atoms with Crippen molar-refractivity contribution in [2.75, 3.05) is 6.54 Å². The van der Waals surface area contributed by atoms with Crippen LogP contribution < -0.4 is 10.6 Å². The average molecular weight is 457 g/mol. The molecule has 0 saturated carbocycles. The van der Waals surface area contributed by atoms with Crippen LogP contribution in [0.25, 0.3) is 0 Å². The van der Waals surface area contributed by atoms with Gasteiger partial charge in [0.2, 0.25) is 0 Å². The van der Waals surface area contributed by atoms with Crippen LogP contribution in [0.1, 0.15) is 27.4 Å². The summed E-state index contributed by atoms with van der Waals surface area (Å²) in [5, 5.41) is 14.7. The summed E-state index contributed by atoms with van der Waals surface area (Å²) < 4.78 is 0. The number of benzene rings is 3. The highest BCUT2D eigenvalue weighted by Gasteiger charge is 2.22. The molecule has 0 fully saturated rings. The van der Waals surface area contributed by atoms with E-state index in [9.17, 15) is 4.79 Å². The zero-order chi connectivity index (χ0) is 21.5. The molecule has 3 aromatic rings. The molecule has 4 N–H and O–H groups in total. The normalized spacial score (nSPS) is 11.5. The number of carbonyl (C=O) groups excluding carboxylic acids is 1. The Labute approximate surface area is 190 Å². The largest absolute Gasteiger partial charge is 0.304 e. The fraction of sp³-hybridized carbons (Fsp3) is 0.0870. The van der Waals surface area contributed by atoms with E-state index in [0.29, 0.717) is 33.0 Å². The smallest absolute Gasteiger partial charge is 0.273 e. The fourth-order valence-corrected chi connectivity index (χ4v) is 3.44. The molecule has 0 aliphatic carbocycles. The predicted octanol–water partition coefficient (Wildman–Crippen LogP) is 4.42. The lowest BCUT2D eigenvalue weighted by atomic mass is 9.90. The number of nitrogens with one attached hydrogen (secondary N) is 2. The van der Waals surface area contributed by atoms with Crippen molar-refractivity contribution in [2.45, 2.75) is 5.92 Å². The number of quaternary nitrogens is 1. The average Bonchev–Trinajstić information content (AvgIpc) is 2.75. The van der Waals surface area contributed by atoms with Gasteiger partial charge in [-0.25, -0.2) is 0 Å². The second-order valence-electron chi connectivity index (χ2n) is 6.65. The number of amides is 1. The molecule has 0 bridgehead atoms. The number of thiocarbonyl (C=S) groups is 1. The Balaban J connectivity index is 1.69. The Kier molecular flexibility index (Phi) is 7.71. The molecule has 7 heteroatoms. The summed E-state index contributed by atoms with van der Waals surface area (Å²) in [4.78, 5) is 12.4. The first kappa shape index (κ1) is 22.1. The highest BCUT2D eigenvalue weighted by Crippen LogP contribution is 2.21. The molecule has 3 aromatic carbocycles. The van der Waals surface area contributed by atoms with E-state index in [0.717, 1.165) is 11.1 Å². The molecule has 0 aliphatic heterocycles. The van der Waals surface area contributed by atoms with Crippen molar-refractivity contribution in [1.29, 1.82) is 5.41 Å². The van der Waals surface area contributed by atoms with Gasteiger partial charge in [0.15, 0.2) is 0 Å². The third-order valence-corrected chi connectivity index (χ3v) is 5.36. The van der Waals surface area contributed by atoms with Gasteiger partial charge in [-0.15, -0.1) is 0 Å². The highest BCUT2D eigenvalue weighted by atomic mass is 35.5. The number of halogens is 2. The first-order valence-electron chi connectivity index (χ1n) is 9.27. The van der Waals surface area contributed by atoms with Crippen molar-refractivity contribution < 1.29 is 10.1 Å². The molecule has 1 atom stereocenters. The molecular formula is C23H20Cl2N3OS+. The first-order chi connectivity index (χ1) is 14.4. The van der Waals surface area contributed by atoms with Gasteiger partial charge in [0.05, 0.1) is 18.2 Å². The van der Waals surface area contributed by atoms with Crippen LogP contribution in [0.5, 0.6) is 0 Å². The molecule has 1 amide bonds. The van der Waals surface area contributed by atoms with Crippen LogP contribution in [0.3, 0.4) is 0 Å². The first-order valence-corrected chi connectivity index (χ1v) is 10.4. The van der Waals surface area contributed by atoms with Crippen LogP contribution in [0, 0.1) is 5.41 Å². The predicted molar refractivity (Wildman–Crippen MR) is 126 cm³/mol. The lowest BCUT2D eigenvalue weighted by Gasteiger charge is -2.18. The topological polar surface area (TPSA) is 69.6 Å². The summed E-state index contributed by atoms with van der Waals surface area (Å²) in [5.41, 5.74) is 2.72. The molecule has 1 unspecified atom stereocenters. The summed E-state index contributed by atoms with van der Waals surface area (Å²) in [7, 11) is 0. The fourth-order valence-electron chi connectivity index (χ4n) is 3.00. The third-order valence-electron chi connectivity index (χ3n) is 4.59. The molecule has 0 radical (unpaired) electrons. The van der Waals surface area contributed by atoms with E-state index in [2.05, 4.69) is 5.32 Å². The number of hydrogen-bond donors (Lipinski definition) is 3. The van der Waals surface area contributed by atoms with Crippen LogP contribution in [-0.2, 0) is 0 Å². The van der Waals surface area contributed by atoms with Gasteiger partial charge < -0.3 is 5.41 Å². The molecule has 0 aromatic heterocycles. The summed E-state index contributed by atoms with van der Waals surface area (Å²) in [6, 6.07) is 23.6. The van der Waals surface area contributed by atoms with Crippen LogP contribution >= 0.6 is 35.4 Å². The second kappa shape index (κ2) is 10.5. The minimum atomic E-state index is -0.294. The van der Waals surface area contributed by atoms with Crippen LogP contribution in [0.4, 0.5) is 0 Å². The van der Waals surface area contributed by atoms with Gasteiger partial charge >= 0.3 is 0 Å². The summed E-state index contributed by atoms with van der Waals surface area (Å²) in [6.45, 7) is 0.477. The lowest BCUT2D eigenvalue weighted by Crippen LogP contribution is -2.91. The third kappa shape index (κ3) is 5.97. The zero-order valence-electron chi connectivity index (χ0n) is 15.9. The molecule has 0 heterocycles. The van der Waals surface area contributed by atoms with Gasteiger partial charge in [0.1, 0.15) is 0 Å². The van der Waals surface area contributed by atoms with E-state index in [4.69, 9.17) is 40.8 Å². The molecule has 0 aliphatic rings. The SMILES string of the molecule is N=C(c1ccc(Cl)cc1)C(C[NH2+]C(=S)NC(=O)c1ccc(Cl)cc1)c1ccccc1. The lowest BCUT2D eigenvalue weighted by molar-refractivity contribution is -0.539. The van der Waals surface area contributed by atoms with E-state index in [1.165, 1.54) is 0 Å². The molecule has 4 nitrogen and oxygen atoms in total. The van der Waals surface area contributed by atoms with Gasteiger partial charge in [-0.2, -0.15) is 0 Å². The van der Waals surface area contributed by atoms with Gasteiger partial charge in [-0.3, -0.25) is 15.4 Å². The van der Waals surface area contributed by atoms with Crippen LogP contribution in [0.15, 0.2) is 78.9 Å². The van der Waals surface area contributed by atoms with E-state index in [-0.39, 0.29) is 11.8 Å². The summed E-state index contributed by atoms with van der Waals surface area (Å²) in [6.07, 6.45) is 0. The van der Waals surface area contributed by atoms with E-state index < -0.39 is 0 Å². The molecule has 3 rings (SSSR count). The van der Waals surface area contributed by atoms with Crippen molar-refractivity contribution in [3.8, 4) is 0 Å². The summed E-state index contributed by atoms with van der Waals surface area (Å²) >= 11 is 17.2. The standard InChI is InChI=1S/C23H19Cl2N3OS/c24-18-10-6-16(7-11-18)21(26)20(15-4-2-1-3-5-15)14-27-23(30)28-22(29)17-8-12-19(25)13-9-17/h1-13,20,26H,14H2,(H2,27,28,29,30)/p+1. The number of carbonyl (C=O) groups is 1. The minimum Gasteiger partial charge on any atom is -0.304 e. The highest BCUT2D eigenvalue weighted by molar-refractivity contribution is 7.79. The maximum absolute atomic E-state index is 12.4. The molecule has 30 heavy (non-hydrogen) atoms. The van der Waals surface area contributed by atoms with Gasteiger partial charge in [0, 0.05) is 27.8 Å². The van der Waals surface area contributed by atoms with Gasteiger partial charge in [-0.05, 0) is 47.5 Å². The Morgan fingerprint density at radius 1 is 0.900 bits per heavy atom. The quantitative estimate of drug-likeness (QED) is 0.379. The molecule has 0 saturated heterocycles. The Hall–Kier alpha value is -2.57. The number of hydrogen-bond acceptors (Lipinski definition) is 3. The van der Waals surface area contributed by atoms with Gasteiger partial charge in [0.25, 0.3) is 11.0 Å². The molecule has 152 valence electrons. The monoisotopic (exact) mass is 456 g/mol. The van der Waals surface area contributed by atoms with Crippen molar-refractivity contribution in [3.05, 3.63) is 106 Å². The number of nitrogens with two attached hydrogens (primary N) is 1. The van der Waals surface area contributed by atoms with E-state index in [1.54, 1.807) is 41.7 Å². The molecular weight excluding hydrogens is 437 g/mol. The maximum Gasteiger partial charge on any atom is 0.273 e. The minimum absolute atomic E-state index is 0.210. The van der Waals surface area contributed by atoms with Crippen molar-refractivity contribution in [1.82, 2.24) is 5.32 Å². The van der Waals surface area contributed by atoms with Crippen LogP contribution in [-0.4, -0.2) is 23.3 Å². The Bertz CT molecular complexity index is 1040. The van der Waals surface area contributed by atoms with Crippen molar-refractivity contribution in [2.24, 2.45) is 0 Å². The van der Waals surface area contributed by atoms with Crippen LogP contribution in [0.2, 0.25) is 10.0 Å². The molecule has 0 spiro atoms. The van der Waals surface area contributed by atoms with E-state index in [1.807, 2.05) is 42.5 Å². The van der Waals surface area contributed by atoms with Crippen molar-refractivity contribution >= 4 is 52.2 Å². The maximum atomic E-state index is 12.4. The summed E-state index contributed by atoms with van der Waals surface area (Å²) in [5.74, 6) is -0.505. The van der Waals surface area contributed by atoms with E-state index >= 15 is 0 Å². The Morgan fingerprint density at radius 2 is 1.43 bits per heavy atom. The number of rotatable bonds is 6. The zero-order valence-corrected chi connectivity index (χ0v) is 18.3. The van der Waals surface area contributed by atoms with Crippen molar-refractivity contribution in [3.63, 3.8) is 0 Å². The Morgan fingerprint density at radius 3 is 2.00 bits per heavy atom. The van der Waals surface area contributed by atoms with Gasteiger partial charge in [-0.1, -0.05) is 65.7 Å². The second-order valence-corrected chi connectivity index (χ2v) is 7.96.